The zero-order valence-corrected chi connectivity index (χ0v) is 13.5. The molecule has 1 unspecified atom stereocenters. The van der Waals surface area contributed by atoms with E-state index in [9.17, 15) is 0 Å². The molecule has 92 valence electrons. The lowest BCUT2D eigenvalue weighted by Gasteiger charge is -2.38. The third-order valence-corrected chi connectivity index (χ3v) is 20.9. The number of hydrogen-bond donors (Lipinski definition) is 1. The first kappa shape index (κ1) is 15.4. The fraction of sp³-hybridized carbons (Fsp3) is 1.00. The monoisotopic (exact) mass is 245 g/mol. The first-order chi connectivity index (χ1) is 6.87. The molecule has 0 fully saturated rings. The summed E-state index contributed by atoms with van der Waals surface area (Å²) < 4.78 is 0. The molecule has 0 aromatic rings. The second-order valence-corrected chi connectivity index (χ2v) is 21.0. The highest BCUT2D eigenvalue weighted by Gasteiger charge is 2.40. The summed E-state index contributed by atoms with van der Waals surface area (Å²) in [5.41, 5.74) is 0. The molecule has 1 atom stereocenters. The van der Waals surface area contributed by atoms with Gasteiger partial charge < -0.3 is 5.40 Å². The SMILES string of the molecule is CCCCC[Si](C)(N)[Si](C)(C)CCCC. The van der Waals surface area contributed by atoms with E-state index in [0.717, 1.165) is 0 Å². The molecule has 0 aliphatic carbocycles. The van der Waals surface area contributed by atoms with Crippen molar-refractivity contribution in [3.05, 3.63) is 0 Å². The van der Waals surface area contributed by atoms with E-state index in [4.69, 9.17) is 5.40 Å². The maximum Gasteiger partial charge on any atom is 0.109 e. The van der Waals surface area contributed by atoms with Gasteiger partial charge in [-0.1, -0.05) is 71.6 Å². The topological polar surface area (TPSA) is 26.0 Å². The van der Waals surface area contributed by atoms with Crippen molar-refractivity contribution in [3.8, 4) is 0 Å². The van der Waals surface area contributed by atoms with Crippen molar-refractivity contribution in [2.45, 2.75) is 77.7 Å². The lowest BCUT2D eigenvalue weighted by Crippen LogP contribution is -2.64. The summed E-state index contributed by atoms with van der Waals surface area (Å²) in [4.78, 5) is 0. The van der Waals surface area contributed by atoms with E-state index < -0.39 is 15.3 Å². The summed E-state index contributed by atoms with van der Waals surface area (Å²) in [6.45, 7) is 12.1. The molecular formula is C12H31NSi2. The van der Waals surface area contributed by atoms with Crippen LogP contribution in [0.4, 0.5) is 0 Å². The van der Waals surface area contributed by atoms with Crippen LogP contribution in [0.15, 0.2) is 0 Å². The summed E-state index contributed by atoms with van der Waals surface area (Å²) in [7, 11) is -2.45. The van der Waals surface area contributed by atoms with Crippen LogP contribution >= 0.6 is 0 Å². The van der Waals surface area contributed by atoms with E-state index in [1.807, 2.05) is 0 Å². The minimum atomic E-state index is -1.37. The molecule has 0 saturated heterocycles. The number of unbranched alkanes of at least 4 members (excludes halogenated alkanes) is 3. The van der Waals surface area contributed by atoms with Gasteiger partial charge in [0.1, 0.15) is 7.75 Å². The van der Waals surface area contributed by atoms with Crippen molar-refractivity contribution in [2.24, 2.45) is 5.40 Å². The summed E-state index contributed by atoms with van der Waals surface area (Å²) in [5, 5.41) is 6.68. The van der Waals surface area contributed by atoms with Crippen LogP contribution < -0.4 is 5.40 Å². The van der Waals surface area contributed by atoms with Crippen LogP contribution in [-0.4, -0.2) is 15.3 Å². The third-order valence-electron chi connectivity index (χ3n) is 4.00. The van der Waals surface area contributed by atoms with E-state index in [1.165, 1.54) is 44.2 Å². The van der Waals surface area contributed by atoms with Gasteiger partial charge in [-0.3, -0.25) is 0 Å². The maximum absolute atomic E-state index is 6.68. The van der Waals surface area contributed by atoms with Gasteiger partial charge in [-0.15, -0.1) is 0 Å². The van der Waals surface area contributed by atoms with Gasteiger partial charge in [0, 0.05) is 0 Å². The zero-order valence-electron chi connectivity index (χ0n) is 11.5. The molecule has 15 heavy (non-hydrogen) atoms. The quantitative estimate of drug-likeness (QED) is 0.501. The molecule has 0 bridgehead atoms. The molecule has 0 radical (unpaired) electrons. The van der Waals surface area contributed by atoms with Crippen LogP contribution in [0.25, 0.3) is 0 Å². The van der Waals surface area contributed by atoms with Crippen molar-refractivity contribution < 1.29 is 0 Å². The zero-order chi connectivity index (χ0) is 11.9. The Hall–Kier alpha value is 0.394. The van der Waals surface area contributed by atoms with Gasteiger partial charge in [0.15, 0.2) is 0 Å². The second-order valence-electron chi connectivity index (χ2n) is 5.86. The van der Waals surface area contributed by atoms with Gasteiger partial charge in [0.05, 0.1) is 7.59 Å². The van der Waals surface area contributed by atoms with Crippen molar-refractivity contribution in [1.29, 1.82) is 0 Å². The van der Waals surface area contributed by atoms with Crippen molar-refractivity contribution in [3.63, 3.8) is 0 Å². The Morgan fingerprint density at radius 1 is 0.800 bits per heavy atom. The highest BCUT2D eigenvalue weighted by molar-refractivity contribution is 7.40. The first-order valence-corrected chi connectivity index (χ1v) is 13.7. The van der Waals surface area contributed by atoms with E-state index in [1.54, 1.807) is 0 Å². The van der Waals surface area contributed by atoms with Crippen LogP contribution in [0, 0.1) is 0 Å². The van der Waals surface area contributed by atoms with Gasteiger partial charge in [-0.2, -0.15) is 0 Å². The molecule has 0 aromatic heterocycles. The Morgan fingerprint density at radius 2 is 1.33 bits per heavy atom. The summed E-state index contributed by atoms with van der Waals surface area (Å²) >= 11 is 0. The minimum absolute atomic E-state index is 1.09. The first-order valence-electron chi connectivity index (χ1n) is 6.66. The lowest BCUT2D eigenvalue weighted by atomic mass is 10.3. The Morgan fingerprint density at radius 3 is 1.80 bits per heavy atom. The minimum Gasteiger partial charge on any atom is -0.353 e. The van der Waals surface area contributed by atoms with Gasteiger partial charge in [-0.05, 0) is 6.04 Å². The van der Waals surface area contributed by atoms with Crippen LogP contribution in [0.2, 0.25) is 31.7 Å². The van der Waals surface area contributed by atoms with E-state index in [2.05, 4.69) is 33.5 Å². The summed E-state index contributed by atoms with van der Waals surface area (Å²) in [6.07, 6.45) is 6.79. The van der Waals surface area contributed by atoms with E-state index in [-0.39, 0.29) is 0 Å². The Bertz CT molecular complexity index is 167. The molecule has 0 aliphatic rings. The average Bonchev–Trinajstić information content (AvgIpc) is 2.15. The number of nitrogens with two attached hydrogens (primary N) is 1. The molecule has 0 heterocycles. The fourth-order valence-electron chi connectivity index (χ4n) is 1.98. The number of rotatable bonds is 8. The normalized spacial score (nSPS) is 16.4. The highest BCUT2D eigenvalue weighted by atomic mass is 29.3. The Balaban J connectivity index is 4.14. The van der Waals surface area contributed by atoms with Gasteiger partial charge >= 0.3 is 0 Å². The molecule has 0 saturated carbocycles. The van der Waals surface area contributed by atoms with Crippen molar-refractivity contribution in [2.75, 3.05) is 0 Å². The molecule has 0 aromatic carbocycles. The summed E-state index contributed by atoms with van der Waals surface area (Å²) in [6, 6.07) is 2.82. The van der Waals surface area contributed by atoms with Gasteiger partial charge in [0.2, 0.25) is 0 Å². The fourth-order valence-corrected chi connectivity index (χ4v) is 10.3. The molecular weight excluding hydrogens is 214 g/mol. The average molecular weight is 246 g/mol. The molecule has 0 amide bonds. The molecule has 0 rings (SSSR count). The Kier molecular flexibility index (Phi) is 7.05. The van der Waals surface area contributed by atoms with E-state index >= 15 is 0 Å². The third kappa shape index (κ3) is 5.32. The molecule has 2 N–H and O–H groups in total. The highest BCUT2D eigenvalue weighted by Crippen LogP contribution is 2.26. The van der Waals surface area contributed by atoms with Gasteiger partial charge in [0.25, 0.3) is 0 Å². The molecule has 0 spiro atoms. The van der Waals surface area contributed by atoms with Crippen LogP contribution in [0.3, 0.4) is 0 Å². The maximum atomic E-state index is 6.68. The molecule has 3 heteroatoms. The van der Waals surface area contributed by atoms with E-state index in [0.29, 0.717) is 0 Å². The molecule has 0 aliphatic heterocycles. The Labute approximate surface area is 98.7 Å². The van der Waals surface area contributed by atoms with Crippen molar-refractivity contribution >= 4 is 15.3 Å². The predicted octanol–water partition coefficient (Wildman–Crippen LogP) is 4.30. The van der Waals surface area contributed by atoms with Crippen LogP contribution in [0.5, 0.6) is 0 Å². The standard InChI is InChI=1S/C12H31NSi2/c1-6-8-10-12-15(5,13)14(3,4)11-9-7-2/h6-13H2,1-5H3. The summed E-state index contributed by atoms with van der Waals surface area (Å²) in [5.74, 6) is 0. The predicted molar refractivity (Wildman–Crippen MR) is 77.3 cm³/mol. The lowest BCUT2D eigenvalue weighted by molar-refractivity contribution is 0.763. The largest absolute Gasteiger partial charge is 0.353 e. The molecule has 1 nitrogen and oxygen atoms in total. The second kappa shape index (κ2) is 6.87. The van der Waals surface area contributed by atoms with Crippen LogP contribution in [-0.2, 0) is 0 Å². The van der Waals surface area contributed by atoms with Gasteiger partial charge in [-0.25, -0.2) is 0 Å². The number of hydrogen-bond acceptors (Lipinski definition) is 1. The van der Waals surface area contributed by atoms with Crippen molar-refractivity contribution in [1.82, 2.24) is 0 Å². The van der Waals surface area contributed by atoms with Crippen LogP contribution in [0.1, 0.15) is 46.0 Å². The smallest absolute Gasteiger partial charge is 0.109 e.